The summed E-state index contributed by atoms with van der Waals surface area (Å²) in [5, 5.41) is 0. The van der Waals surface area contributed by atoms with Crippen molar-refractivity contribution in [2.24, 2.45) is 11.8 Å². The van der Waals surface area contributed by atoms with Crippen LogP contribution in [0.1, 0.15) is 97.3 Å². The highest BCUT2D eigenvalue weighted by atomic mass is 14.3. The number of rotatable bonds is 9. The maximum absolute atomic E-state index is 2.33. The van der Waals surface area contributed by atoms with Crippen molar-refractivity contribution in [1.29, 1.82) is 0 Å². The average Bonchev–Trinajstić information content (AvgIpc) is 2.38. The molecule has 1 fully saturated rings. The molecule has 0 nitrogen and oxygen atoms in total. The second-order valence-electron chi connectivity index (χ2n) is 6.15. The van der Waals surface area contributed by atoms with Gasteiger partial charge in [-0.3, -0.25) is 0 Å². The minimum atomic E-state index is 1.08. The molecule has 1 rings (SSSR count). The normalized spacial score (nSPS) is 17.8. The summed E-state index contributed by atoms with van der Waals surface area (Å²) >= 11 is 0. The van der Waals surface area contributed by atoms with Crippen LogP contribution in [0.5, 0.6) is 0 Å². The topological polar surface area (TPSA) is 0 Å². The lowest BCUT2D eigenvalue weighted by Gasteiger charge is -2.30. The van der Waals surface area contributed by atoms with Gasteiger partial charge in [-0.05, 0) is 11.8 Å². The molecule has 0 aromatic carbocycles. The third kappa shape index (κ3) is 6.48. The molecule has 1 saturated carbocycles. The standard InChI is InChI=1S/C17H34/c1-3-5-8-12-16(13-9-6-4-2)17-14-10-7-11-15-17/h16-17H,3-15H2,1-2H3. The number of unbranched alkanes of at least 4 members (excludes halogenated alkanes) is 4. The first-order valence-electron chi connectivity index (χ1n) is 8.38. The van der Waals surface area contributed by atoms with Gasteiger partial charge in [0.2, 0.25) is 0 Å². The van der Waals surface area contributed by atoms with E-state index in [1.54, 1.807) is 12.8 Å². The Morgan fingerprint density at radius 2 is 1.29 bits per heavy atom. The molecule has 102 valence electrons. The highest BCUT2D eigenvalue weighted by molar-refractivity contribution is 4.74. The second kappa shape index (κ2) is 9.97. The van der Waals surface area contributed by atoms with Crippen LogP contribution in [0.4, 0.5) is 0 Å². The molecule has 0 atom stereocenters. The van der Waals surface area contributed by atoms with Gasteiger partial charge in [-0.15, -0.1) is 0 Å². The summed E-state index contributed by atoms with van der Waals surface area (Å²) in [4.78, 5) is 0. The molecule has 0 unspecified atom stereocenters. The van der Waals surface area contributed by atoms with Gasteiger partial charge in [-0.25, -0.2) is 0 Å². The van der Waals surface area contributed by atoms with Crippen LogP contribution in [0.25, 0.3) is 0 Å². The molecule has 0 amide bonds. The van der Waals surface area contributed by atoms with Crippen molar-refractivity contribution in [1.82, 2.24) is 0 Å². The van der Waals surface area contributed by atoms with E-state index in [0.29, 0.717) is 0 Å². The van der Waals surface area contributed by atoms with Crippen molar-refractivity contribution in [2.75, 3.05) is 0 Å². The van der Waals surface area contributed by atoms with Gasteiger partial charge < -0.3 is 0 Å². The van der Waals surface area contributed by atoms with Crippen LogP contribution in [0.15, 0.2) is 0 Å². The van der Waals surface area contributed by atoms with E-state index in [1.807, 2.05) is 0 Å². The van der Waals surface area contributed by atoms with Gasteiger partial charge >= 0.3 is 0 Å². The molecule has 0 aliphatic heterocycles. The fourth-order valence-electron chi connectivity index (χ4n) is 3.53. The van der Waals surface area contributed by atoms with Gasteiger partial charge in [-0.1, -0.05) is 97.3 Å². The van der Waals surface area contributed by atoms with Crippen LogP contribution < -0.4 is 0 Å². The average molecular weight is 238 g/mol. The van der Waals surface area contributed by atoms with E-state index in [0.717, 1.165) is 11.8 Å². The summed E-state index contributed by atoms with van der Waals surface area (Å²) in [5.41, 5.74) is 0. The SMILES string of the molecule is CCCCCC(CCCCC)C1CCCCC1. The van der Waals surface area contributed by atoms with Crippen LogP contribution in [0.2, 0.25) is 0 Å². The molecule has 0 heterocycles. The van der Waals surface area contributed by atoms with Gasteiger partial charge in [-0.2, -0.15) is 0 Å². The van der Waals surface area contributed by atoms with Gasteiger partial charge in [0.1, 0.15) is 0 Å². The largest absolute Gasteiger partial charge is 0.0654 e. The molecular weight excluding hydrogens is 204 g/mol. The van der Waals surface area contributed by atoms with Crippen LogP contribution in [0.3, 0.4) is 0 Å². The summed E-state index contributed by atoms with van der Waals surface area (Å²) in [5.74, 6) is 2.17. The molecule has 17 heavy (non-hydrogen) atoms. The van der Waals surface area contributed by atoms with Crippen LogP contribution in [-0.2, 0) is 0 Å². The second-order valence-corrected chi connectivity index (χ2v) is 6.15. The van der Waals surface area contributed by atoms with Gasteiger partial charge in [0.25, 0.3) is 0 Å². The molecule has 0 saturated heterocycles. The van der Waals surface area contributed by atoms with E-state index in [-0.39, 0.29) is 0 Å². The van der Waals surface area contributed by atoms with E-state index in [4.69, 9.17) is 0 Å². The van der Waals surface area contributed by atoms with E-state index in [2.05, 4.69) is 13.8 Å². The molecule has 0 heteroatoms. The van der Waals surface area contributed by atoms with E-state index < -0.39 is 0 Å². The molecule has 0 aromatic heterocycles. The Labute approximate surface area is 110 Å². The van der Waals surface area contributed by atoms with Gasteiger partial charge in [0.15, 0.2) is 0 Å². The quantitative estimate of drug-likeness (QED) is 0.411. The zero-order valence-corrected chi connectivity index (χ0v) is 12.3. The van der Waals surface area contributed by atoms with E-state index in [1.165, 1.54) is 70.6 Å². The zero-order valence-electron chi connectivity index (χ0n) is 12.3. The van der Waals surface area contributed by atoms with Crippen molar-refractivity contribution in [3.63, 3.8) is 0 Å². The zero-order chi connectivity index (χ0) is 12.3. The maximum atomic E-state index is 2.33. The molecular formula is C17H34. The Balaban J connectivity index is 2.27. The summed E-state index contributed by atoms with van der Waals surface area (Å²) < 4.78 is 0. The molecule has 0 bridgehead atoms. The van der Waals surface area contributed by atoms with Crippen molar-refractivity contribution >= 4 is 0 Å². The predicted molar refractivity (Wildman–Crippen MR) is 78.3 cm³/mol. The molecule has 0 aromatic rings. The van der Waals surface area contributed by atoms with Crippen LogP contribution >= 0.6 is 0 Å². The smallest absolute Gasteiger partial charge is 0.0386 e. The Bertz CT molecular complexity index is 145. The monoisotopic (exact) mass is 238 g/mol. The van der Waals surface area contributed by atoms with E-state index >= 15 is 0 Å². The number of hydrogen-bond acceptors (Lipinski definition) is 0. The Morgan fingerprint density at radius 1 is 0.765 bits per heavy atom. The Hall–Kier alpha value is 0. The summed E-state index contributed by atoms with van der Waals surface area (Å²) in [6.45, 7) is 4.65. The lowest BCUT2D eigenvalue weighted by Crippen LogP contribution is -2.18. The van der Waals surface area contributed by atoms with Crippen molar-refractivity contribution < 1.29 is 0 Å². The van der Waals surface area contributed by atoms with Crippen molar-refractivity contribution in [3.05, 3.63) is 0 Å². The first-order valence-corrected chi connectivity index (χ1v) is 8.38. The van der Waals surface area contributed by atoms with E-state index in [9.17, 15) is 0 Å². The van der Waals surface area contributed by atoms with Crippen LogP contribution in [0, 0.1) is 11.8 Å². The summed E-state index contributed by atoms with van der Waals surface area (Å²) in [7, 11) is 0. The van der Waals surface area contributed by atoms with Gasteiger partial charge in [0, 0.05) is 0 Å². The fourth-order valence-corrected chi connectivity index (χ4v) is 3.53. The summed E-state index contributed by atoms with van der Waals surface area (Å²) in [6, 6.07) is 0. The predicted octanol–water partition coefficient (Wildman–Crippen LogP) is 6.34. The first kappa shape index (κ1) is 15.1. The maximum Gasteiger partial charge on any atom is -0.0386 e. The number of hydrogen-bond donors (Lipinski definition) is 0. The third-order valence-corrected chi connectivity index (χ3v) is 4.67. The van der Waals surface area contributed by atoms with Crippen molar-refractivity contribution in [3.8, 4) is 0 Å². The highest BCUT2D eigenvalue weighted by Gasteiger charge is 2.22. The molecule has 0 spiro atoms. The Kier molecular flexibility index (Phi) is 8.83. The lowest BCUT2D eigenvalue weighted by molar-refractivity contribution is 0.215. The third-order valence-electron chi connectivity index (χ3n) is 4.67. The Morgan fingerprint density at radius 3 is 1.76 bits per heavy atom. The molecule has 1 aliphatic carbocycles. The highest BCUT2D eigenvalue weighted by Crippen LogP contribution is 2.35. The first-order chi connectivity index (χ1) is 8.38. The summed E-state index contributed by atoms with van der Waals surface area (Å²) in [6.07, 6.45) is 19.3. The minimum absolute atomic E-state index is 1.08. The lowest BCUT2D eigenvalue weighted by atomic mass is 9.75. The van der Waals surface area contributed by atoms with Gasteiger partial charge in [0.05, 0.1) is 0 Å². The van der Waals surface area contributed by atoms with Crippen LogP contribution in [-0.4, -0.2) is 0 Å². The molecule has 0 N–H and O–H groups in total. The fraction of sp³-hybridized carbons (Fsp3) is 1.00. The minimum Gasteiger partial charge on any atom is -0.0654 e. The molecule has 0 radical (unpaired) electrons. The molecule has 1 aliphatic rings. The van der Waals surface area contributed by atoms with Crippen molar-refractivity contribution in [2.45, 2.75) is 97.3 Å².